The van der Waals surface area contributed by atoms with Crippen molar-refractivity contribution in [3.63, 3.8) is 0 Å². The molecule has 2 heterocycles. The second-order valence-corrected chi connectivity index (χ2v) is 8.46. The van der Waals surface area contributed by atoms with Crippen molar-refractivity contribution in [3.8, 4) is 0 Å². The third-order valence-corrected chi connectivity index (χ3v) is 6.18. The van der Waals surface area contributed by atoms with Gasteiger partial charge in [0.1, 0.15) is 0 Å². The summed E-state index contributed by atoms with van der Waals surface area (Å²) in [5, 5.41) is 11.1. The fourth-order valence-corrected chi connectivity index (χ4v) is 4.51. The molecule has 1 unspecified atom stereocenters. The van der Waals surface area contributed by atoms with E-state index in [1.165, 1.54) is 11.1 Å². The topological polar surface area (TPSA) is 88.1 Å². The predicted octanol–water partition coefficient (Wildman–Crippen LogP) is 1.86. The van der Waals surface area contributed by atoms with Crippen LogP contribution >= 0.6 is 0 Å². The molecule has 0 aliphatic carbocycles. The van der Waals surface area contributed by atoms with Crippen LogP contribution in [0.25, 0.3) is 0 Å². The first kappa shape index (κ1) is 16.6. The van der Waals surface area contributed by atoms with Crippen LogP contribution in [0.15, 0.2) is 24.4 Å². The minimum absolute atomic E-state index is 0.0684. The number of sulfone groups is 1. The lowest BCUT2D eigenvalue weighted by Gasteiger charge is -2.24. The molecule has 0 radical (unpaired) electrons. The summed E-state index contributed by atoms with van der Waals surface area (Å²) in [5.41, 5.74) is 3.29. The number of hydrogen-bond acceptors (Lipinski definition) is 7. The molecule has 8 heteroatoms. The number of nitrogens with zero attached hydrogens (tertiary/aromatic N) is 4. The van der Waals surface area contributed by atoms with E-state index in [0.717, 1.165) is 5.69 Å². The standard InChI is InChI=1S/C16H21N5O2S/c1-11-4-5-13(8-12(11)2)18-16-19-15(9-17-20-16)21(3)14-6-7-24(22,23)10-14/h4-5,8-9,14H,6-7,10H2,1-3H3,(H,18,19,20). The number of aryl methyl sites for hydroxylation is 2. The van der Waals surface area contributed by atoms with Crippen LogP contribution < -0.4 is 10.2 Å². The number of anilines is 3. The minimum Gasteiger partial charge on any atom is -0.354 e. The Balaban J connectivity index is 1.77. The molecule has 1 aromatic heterocycles. The van der Waals surface area contributed by atoms with Crippen molar-refractivity contribution in [1.29, 1.82) is 0 Å². The molecule has 1 saturated heterocycles. The summed E-state index contributed by atoms with van der Waals surface area (Å²) in [6.07, 6.45) is 2.17. The van der Waals surface area contributed by atoms with Gasteiger partial charge in [0.15, 0.2) is 15.7 Å². The highest BCUT2D eigenvalue weighted by Gasteiger charge is 2.31. The van der Waals surface area contributed by atoms with Gasteiger partial charge in [0.25, 0.3) is 0 Å². The van der Waals surface area contributed by atoms with Crippen molar-refractivity contribution in [3.05, 3.63) is 35.5 Å². The Kier molecular flexibility index (Phi) is 4.40. The molecule has 7 nitrogen and oxygen atoms in total. The first-order chi connectivity index (χ1) is 11.3. The molecule has 2 aromatic rings. The van der Waals surface area contributed by atoms with Crippen molar-refractivity contribution in [2.75, 3.05) is 28.8 Å². The highest BCUT2D eigenvalue weighted by molar-refractivity contribution is 7.91. The second kappa shape index (κ2) is 6.35. The molecule has 128 valence electrons. The Morgan fingerprint density at radius 1 is 1.25 bits per heavy atom. The van der Waals surface area contributed by atoms with E-state index in [2.05, 4.69) is 27.4 Å². The molecule has 0 bridgehead atoms. The Bertz CT molecular complexity index is 853. The lowest BCUT2D eigenvalue weighted by Crippen LogP contribution is -2.33. The molecule has 1 fully saturated rings. The van der Waals surface area contributed by atoms with Gasteiger partial charge >= 0.3 is 0 Å². The van der Waals surface area contributed by atoms with E-state index in [9.17, 15) is 8.42 Å². The molecule has 24 heavy (non-hydrogen) atoms. The van der Waals surface area contributed by atoms with Crippen molar-refractivity contribution < 1.29 is 8.42 Å². The van der Waals surface area contributed by atoms with Gasteiger partial charge in [0.2, 0.25) is 5.95 Å². The predicted molar refractivity (Wildman–Crippen MR) is 94.5 cm³/mol. The van der Waals surface area contributed by atoms with E-state index in [4.69, 9.17) is 0 Å². The van der Waals surface area contributed by atoms with Crippen molar-refractivity contribution in [2.24, 2.45) is 0 Å². The zero-order valence-electron chi connectivity index (χ0n) is 14.0. The minimum atomic E-state index is -2.94. The Hall–Kier alpha value is -2.22. The maximum atomic E-state index is 11.7. The first-order valence-corrected chi connectivity index (χ1v) is 9.63. The smallest absolute Gasteiger partial charge is 0.249 e. The van der Waals surface area contributed by atoms with Gasteiger partial charge in [-0.15, -0.1) is 5.10 Å². The zero-order valence-corrected chi connectivity index (χ0v) is 14.8. The van der Waals surface area contributed by atoms with Gasteiger partial charge in [-0.25, -0.2) is 8.42 Å². The number of hydrogen-bond donors (Lipinski definition) is 1. The largest absolute Gasteiger partial charge is 0.354 e. The highest BCUT2D eigenvalue weighted by atomic mass is 32.2. The lowest BCUT2D eigenvalue weighted by atomic mass is 10.1. The van der Waals surface area contributed by atoms with Gasteiger partial charge in [0, 0.05) is 18.8 Å². The van der Waals surface area contributed by atoms with E-state index in [-0.39, 0.29) is 17.5 Å². The van der Waals surface area contributed by atoms with Gasteiger partial charge in [-0.2, -0.15) is 10.1 Å². The maximum Gasteiger partial charge on any atom is 0.249 e. The zero-order chi connectivity index (χ0) is 17.3. The quantitative estimate of drug-likeness (QED) is 0.903. The summed E-state index contributed by atoms with van der Waals surface area (Å²) in [6, 6.07) is 5.95. The van der Waals surface area contributed by atoms with Gasteiger partial charge in [-0.3, -0.25) is 0 Å². The van der Waals surface area contributed by atoms with Crippen molar-refractivity contribution >= 4 is 27.3 Å². The van der Waals surface area contributed by atoms with Crippen LogP contribution in [0.2, 0.25) is 0 Å². The van der Waals surface area contributed by atoms with Gasteiger partial charge in [0.05, 0.1) is 17.7 Å². The SMILES string of the molecule is Cc1ccc(Nc2nncc(N(C)C3CCS(=O)(=O)C3)n2)cc1C. The van der Waals surface area contributed by atoms with Crippen LogP contribution in [0.4, 0.5) is 17.5 Å². The van der Waals surface area contributed by atoms with E-state index in [0.29, 0.717) is 18.2 Å². The van der Waals surface area contributed by atoms with Crippen molar-refractivity contribution in [2.45, 2.75) is 26.3 Å². The molecular formula is C16H21N5O2S. The molecule has 1 N–H and O–H groups in total. The van der Waals surface area contributed by atoms with Crippen LogP contribution in [0.5, 0.6) is 0 Å². The first-order valence-electron chi connectivity index (χ1n) is 7.81. The number of nitrogens with one attached hydrogen (secondary N) is 1. The van der Waals surface area contributed by atoms with Crippen LogP contribution in [-0.4, -0.2) is 48.2 Å². The van der Waals surface area contributed by atoms with E-state index in [1.54, 1.807) is 6.20 Å². The normalized spacial score (nSPS) is 19.2. The van der Waals surface area contributed by atoms with Crippen LogP contribution in [0.3, 0.4) is 0 Å². The van der Waals surface area contributed by atoms with Gasteiger partial charge < -0.3 is 10.2 Å². The second-order valence-electron chi connectivity index (χ2n) is 6.23. The molecular weight excluding hydrogens is 326 g/mol. The molecule has 0 saturated carbocycles. The summed E-state index contributed by atoms with van der Waals surface area (Å²) in [6.45, 7) is 4.10. The summed E-state index contributed by atoms with van der Waals surface area (Å²) in [7, 11) is -1.09. The summed E-state index contributed by atoms with van der Waals surface area (Å²) in [5.74, 6) is 1.39. The Morgan fingerprint density at radius 2 is 2.04 bits per heavy atom. The summed E-state index contributed by atoms with van der Waals surface area (Å²) >= 11 is 0. The van der Waals surface area contributed by atoms with E-state index >= 15 is 0 Å². The Labute approximate surface area is 142 Å². The van der Waals surface area contributed by atoms with Gasteiger partial charge in [-0.1, -0.05) is 6.07 Å². The number of aromatic nitrogens is 3. The summed E-state index contributed by atoms with van der Waals surface area (Å²) < 4.78 is 23.3. The third-order valence-electron chi connectivity index (χ3n) is 4.43. The monoisotopic (exact) mass is 347 g/mol. The van der Waals surface area contributed by atoms with Gasteiger partial charge in [-0.05, 0) is 43.5 Å². The summed E-state index contributed by atoms with van der Waals surface area (Å²) in [4.78, 5) is 6.32. The molecule has 0 spiro atoms. The Morgan fingerprint density at radius 3 is 2.71 bits per heavy atom. The fraction of sp³-hybridized carbons (Fsp3) is 0.438. The van der Waals surface area contributed by atoms with Crippen LogP contribution in [0, 0.1) is 13.8 Å². The lowest BCUT2D eigenvalue weighted by molar-refractivity contribution is 0.600. The van der Waals surface area contributed by atoms with E-state index < -0.39 is 9.84 Å². The van der Waals surface area contributed by atoms with Crippen molar-refractivity contribution in [1.82, 2.24) is 15.2 Å². The number of rotatable bonds is 4. The van der Waals surface area contributed by atoms with Crippen LogP contribution in [0.1, 0.15) is 17.5 Å². The third kappa shape index (κ3) is 3.64. The average molecular weight is 347 g/mol. The highest BCUT2D eigenvalue weighted by Crippen LogP contribution is 2.22. The number of benzene rings is 1. The molecule has 0 amide bonds. The molecule has 1 aliphatic rings. The molecule has 1 atom stereocenters. The maximum absolute atomic E-state index is 11.7. The molecule has 1 aliphatic heterocycles. The average Bonchev–Trinajstić information content (AvgIpc) is 2.90. The van der Waals surface area contributed by atoms with E-state index in [1.807, 2.05) is 37.1 Å². The molecule has 1 aromatic carbocycles. The fourth-order valence-electron chi connectivity index (χ4n) is 2.73. The van der Waals surface area contributed by atoms with Crippen LogP contribution in [-0.2, 0) is 9.84 Å². The molecule has 3 rings (SSSR count).